The summed E-state index contributed by atoms with van der Waals surface area (Å²) >= 11 is 0. The van der Waals surface area contributed by atoms with E-state index in [9.17, 15) is 9.18 Å². The van der Waals surface area contributed by atoms with E-state index in [0.717, 1.165) is 40.7 Å². The Hall–Kier alpha value is -3.78. The second-order valence-corrected chi connectivity index (χ2v) is 7.60. The number of aromatic nitrogens is 3. The van der Waals surface area contributed by atoms with Crippen molar-refractivity contribution in [2.75, 3.05) is 18.9 Å². The predicted octanol–water partition coefficient (Wildman–Crippen LogP) is 3.34. The molecule has 0 spiro atoms. The van der Waals surface area contributed by atoms with Crippen LogP contribution in [0.5, 0.6) is 0 Å². The highest BCUT2D eigenvalue weighted by Crippen LogP contribution is 2.26. The number of carbonyl (C=O) groups is 1. The number of nitrogens with two attached hydrogens (primary N) is 1. The molecule has 0 bridgehead atoms. The number of benzene rings is 2. The van der Waals surface area contributed by atoms with Crippen molar-refractivity contribution in [2.24, 2.45) is 5.73 Å². The Morgan fingerprint density at radius 3 is 2.75 bits per heavy atom. The average molecular weight is 433 g/mol. The molecule has 2 aromatic heterocycles. The maximum Gasteiger partial charge on any atom is 0.249 e. The Labute approximate surface area is 185 Å². The molecular formula is C24H25FN6O. The number of amides is 1. The van der Waals surface area contributed by atoms with Gasteiger partial charge in [0.2, 0.25) is 11.9 Å². The first-order chi connectivity index (χ1) is 15.5. The zero-order valence-corrected chi connectivity index (χ0v) is 18.0. The molecule has 2 aromatic carbocycles. The molecule has 4 aromatic rings. The van der Waals surface area contributed by atoms with Crippen LogP contribution >= 0.6 is 0 Å². The number of fused-ring (bicyclic) bond motifs is 1. The lowest BCUT2D eigenvalue weighted by molar-refractivity contribution is 0.100. The summed E-state index contributed by atoms with van der Waals surface area (Å²) in [5.41, 5.74) is 9.46. The molecule has 4 N–H and O–H groups in total. The van der Waals surface area contributed by atoms with Gasteiger partial charge in [-0.25, -0.2) is 9.37 Å². The number of aryl methyl sites for hydroxylation is 1. The van der Waals surface area contributed by atoms with Crippen LogP contribution in [0, 0.1) is 12.7 Å². The smallest absolute Gasteiger partial charge is 0.249 e. The SMILES string of the molecule is CNCCc1cnc(-n2c(C)cc3c(C(N)=O)cccc32)nc1NCc1cccc(F)c1. The second-order valence-electron chi connectivity index (χ2n) is 7.60. The molecule has 2 heterocycles. The van der Waals surface area contributed by atoms with Gasteiger partial charge in [0.1, 0.15) is 11.6 Å². The van der Waals surface area contributed by atoms with Crippen LogP contribution < -0.4 is 16.4 Å². The molecule has 0 saturated carbocycles. The van der Waals surface area contributed by atoms with E-state index in [0.29, 0.717) is 23.9 Å². The third kappa shape index (κ3) is 4.31. The number of primary amides is 1. The summed E-state index contributed by atoms with van der Waals surface area (Å²) in [6.45, 7) is 3.13. The fraction of sp³-hybridized carbons (Fsp3) is 0.208. The van der Waals surface area contributed by atoms with Crippen LogP contribution in [-0.4, -0.2) is 34.0 Å². The number of halogens is 1. The van der Waals surface area contributed by atoms with Crippen LogP contribution in [0.25, 0.3) is 16.9 Å². The summed E-state index contributed by atoms with van der Waals surface area (Å²) in [7, 11) is 1.89. The third-order valence-electron chi connectivity index (χ3n) is 5.34. The normalized spacial score (nSPS) is 11.1. The molecule has 1 amide bonds. The van der Waals surface area contributed by atoms with Crippen molar-refractivity contribution < 1.29 is 9.18 Å². The molecule has 0 aliphatic heterocycles. The summed E-state index contributed by atoms with van der Waals surface area (Å²) in [4.78, 5) is 21.2. The van der Waals surface area contributed by atoms with Crippen LogP contribution in [0.15, 0.2) is 54.7 Å². The van der Waals surface area contributed by atoms with Crippen molar-refractivity contribution in [3.05, 3.63) is 82.9 Å². The second kappa shape index (κ2) is 9.15. The van der Waals surface area contributed by atoms with Crippen LogP contribution in [-0.2, 0) is 13.0 Å². The number of hydrogen-bond acceptors (Lipinski definition) is 5. The van der Waals surface area contributed by atoms with Gasteiger partial charge in [0.25, 0.3) is 0 Å². The standard InChI is InChI=1S/C24H25FN6O/c1-15-11-20-19(22(26)32)7-4-8-21(20)31(15)24-29-14-17(9-10-27-2)23(30-24)28-13-16-5-3-6-18(25)12-16/h3-8,11-12,14,27H,9-10,13H2,1-2H3,(H2,26,32)(H,28,29,30). The summed E-state index contributed by atoms with van der Waals surface area (Å²) in [5.74, 6) is 0.409. The Morgan fingerprint density at radius 1 is 1.19 bits per heavy atom. The van der Waals surface area contributed by atoms with E-state index in [4.69, 9.17) is 10.7 Å². The fourth-order valence-electron chi connectivity index (χ4n) is 3.78. The van der Waals surface area contributed by atoms with E-state index in [1.807, 2.05) is 36.7 Å². The minimum absolute atomic E-state index is 0.275. The first-order valence-electron chi connectivity index (χ1n) is 10.4. The summed E-state index contributed by atoms with van der Waals surface area (Å²) < 4.78 is 15.5. The highest BCUT2D eigenvalue weighted by molar-refractivity contribution is 6.06. The van der Waals surface area contributed by atoms with Crippen molar-refractivity contribution in [1.82, 2.24) is 19.9 Å². The third-order valence-corrected chi connectivity index (χ3v) is 5.34. The number of rotatable bonds is 8. The van der Waals surface area contributed by atoms with E-state index in [1.165, 1.54) is 12.1 Å². The van der Waals surface area contributed by atoms with Gasteiger partial charge in [-0.3, -0.25) is 9.36 Å². The monoisotopic (exact) mass is 432 g/mol. The largest absolute Gasteiger partial charge is 0.366 e. The lowest BCUT2D eigenvalue weighted by Gasteiger charge is -2.14. The number of anilines is 1. The van der Waals surface area contributed by atoms with Gasteiger partial charge in [-0.15, -0.1) is 0 Å². The molecule has 0 radical (unpaired) electrons. The highest BCUT2D eigenvalue weighted by atomic mass is 19.1. The molecule has 8 heteroatoms. The number of hydrogen-bond donors (Lipinski definition) is 3. The van der Waals surface area contributed by atoms with Gasteiger partial charge in [-0.05, 0) is 62.8 Å². The molecule has 0 saturated heterocycles. The zero-order chi connectivity index (χ0) is 22.7. The van der Waals surface area contributed by atoms with Crippen molar-refractivity contribution >= 4 is 22.6 Å². The molecule has 32 heavy (non-hydrogen) atoms. The average Bonchev–Trinajstić information content (AvgIpc) is 3.12. The maximum absolute atomic E-state index is 13.6. The van der Waals surface area contributed by atoms with Crippen LogP contribution in [0.4, 0.5) is 10.2 Å². The van der Waals surface area contributed by atoms with Gasteiger partial charge in [0.05, 0.1) is 5.52 Å². The van der Waals surface area contributed by atoms with Gasteiger partial charge in [0, 0.05) is 34.9 Å². The molecular weight excluding hydrogens is 407 g/mol. The lowest BCUT2D eigenvalue weighted by Crippen LogP contribution is -2.15. The molecule has 164 valence electrons. The first kappa shape index (κ1) is 21.5. The molecule has 0 fully saturated rings. The Balaban J connectivity index is 1.75. The summed E-state index contributed by atoms with van der Waals surface area (Å²) in [5, 5.41) is 7.23. The fourth-order valence-corrected chi connectivity index (χ4v) is 3.78. The highest BCUT2D eigenvalue weighted by Gasteiger charge is 2.16. The minimum atomic E-state index is -0.478. The summed E-state index contributed by atoms with van der Waals surface area (Å²) in [6.07, 6.45) is 2.54. The molecule has 0 aliphatic rings. The van der Waals surface area contributed by atoms with Crippen molar-refractivity contribution in [2.45, 2.75) is 19.9 Å². The van der Waals surface area contributed by atoms with E-state index < -0.39 is 5.91 Å². The minimum Gasteiger partial charge on any atom is -0.366 e. The maximum atomic E-state index is 13.6. The van der Waals surface area contributed by atoms with Crippen LogP contribution in [0.3, 0.4) is 0 Å². The molecule has 0 aliphatic carbocycles. The molecule has 0 unspecified atom stereocenters. The zero-order valence-electron chi connectivity index (χ0n) is 18.0. The molecule has 7 nitrogen and oxygen atoms in total. The quantitative estimate of drug-likeness (QED) is 0.397. The van der Waals surface area contributed by atoms with E-state index in [2.05, 4.69) is 15.6 Å². The molecule has 4 rings (SSSR count). The number of carbonyl (C=O) groups excluding carboxylic acids is 1. The van der Waals surface area contributed by atoms with Crippen molar-refractivity contribution in [1.29, 1.82) is 0 Å². The van der Waals surface area contributed by atoms with Gasteiger partial charge in [0.15, 0.2) is 0 Å². The Bertz CT molecular complexity index is 1280. The van der Waals surface area contributed by atoms with Crippen LogP contribution in [0.1, 0.15) is 27.2 Å². The first-order valence-corrected chi connectivity index (χ1v) is 10.4. The number of nitrogens with zero attached hydrogens (tertiary/aromatic N) is 3. The van der Waals surface area contributed by atoms with Crippen molar-refractivity contribution in [3.8, 4) is 5.95 Å². The van der Waals surface area contributed by atoms with E-state index in [-0.39, 0.29) is 5.82 Å². The predicted molar refractivity (Wildman–Crippen MR) is 123 cm³/mol. The van der Waals surface area contributed by atoms with Crippen LogP contribution in [0.2, 0.25) is 0 Å². The van der Waals surface area contributed by atoms with Gasteiger partial charge in [-0.1, -0.05) is 18.2 Å². The Morgan fingerprint density at radius 2 is 2.00 bits per heavy atom. The van der Waals surface area contributed by atoms with Gasteiger partial charge >= 0.3 is 0 Å². The number of nitrogens with one attached hydrogen (secondary N) is 2. The van der Waals surface area contributed by atoms with Gasteiger partial charge < -0.3 is 16.4 Å². The van der Waals surface area contributed by atoms with E-state index in [1.54, 1.807) is 24.4 Å². The molecule has 0 atom stereocenters. The topological polar surface area (TPSA) is 97.9 Å². The van der Waals surface area contributed by atoms with Gasteiger partial charge in [-0.2, -0.15) is 4.98 Å². The number of likely N-dealkylation sites (N-methyl/N-ethyl adjacent to an activating group) is 1. The Kier molecular flexibility index (Phi) is 6.13. The lowest BCUT2D eigenvalue weighted by atomic mass is 10.1. The van der Waals surface area contributed by atoms with E-state index >= 15 is 0 Å². The van der Waals surface area contributed by atoms with Crippen molar-refractivity contribution in [3.63, 3.8) is 0 Å². The summed E-state index contributed by atoms with van der Waals surface area (Å²) in [6, 6.07) is 13.8.